The van der Waals surface area contributed by atoms with Crippen LogP contribution in [0.4, 0.5) is 11.4 Å². The third-order valence-corrected chi connectivity index (χ3v) is 3.22. The molecule has 114 valence electrons. The van der Waals surface area contributed by atoms with E-state index in [0.717, 1.165) is 5.56 Å². The molecule has 0 fully saturated rings. The van der Waals surface area contributed by atoms with Crippen molar-refractivity contribution < 1.29 is 14.5 Å². The third-order valence-electron chi connectivity index (χ3n) is 2.89. The summed E-state index contributed by atoms with van der Waals surface area (Å²) in [7, 11) is 0. The van der Waals surface area contributed by atoms with Gasteiger partial charge >= 0.3 is 0 Å². The van der Waals surface area contributed by atoms with Crippen molar-refractivity contribution in [3.63, 3.8) is 0 Å². The molecule has 0 bridgehead atoms. The lowest BCUT2D eigenvalue weighted by Gasteiger charge is -2.10. The maximum absolute atomic E-state index is 11.9. The number of non-ortho nitro benzene ring substituents is 1. The molecule has 0 spiro atoms. The molecule has 0 aliphatic rings. The molecule has 0 atom stereocenters. The highest BCUT2D eigenvalue weighted by Crippen LogP contribution is 2.26. The van der Waals surface area contributed by atoms with Crippen molar-refractivity contribution in [1.29, 1.82) is 0 Å². The van der Waals surface area contributed by atoms with Crippen LogP contribution in [0.5, 0.6) is 5.75 Å². The first-order valence-electron chi connectivity index (χ1n) is 6.39. The van der Waals surface area contributed by atoms with Crippen molar-refractivity contribution in [2.45, 2.75) is 6.92 Å². The molecule has 0 heterocycles. The molecule has 0 radical (unpaired) electrons. The van der Waals surface area contributed by atoms with E-state index in [1.807, 2.05) is 19.1 Å². The van der Waals surface area contributed by atoms with Crippen LogP contribution < -0.4 is 10.1 Å². The highest BCUT2D eigenvalue weighted by molar-refractivity contribution is 6.33. The number of carbonyl (C=O) groups is 1. The molecule has 0 aliphatic carbocycles. The first-order chi connectivity index (χ1) is 10.5. The van der Waals surface area contributed by atoms with Gasteiger partial charge in [-0.15, -0.1) is 0 Å². The van der Waals surface area contributed by atoms with Gasteiger partial charge in [-0.2, -0.15) is 0 Å². The van der Waals surface area contributed by atoms with E-state index < -0.39 is 10.8 Å². The Hall–Kier alpha value is -2.60. The van der Waals surface area contributed by atoms with Crippen molar-refractivity contribution in [2.24, 2.45) is 0 Å². The van der Waals surface area contributed by atoms with Crippen LogP contribution in [0, 0.1) is 17.0 Å². The Labute approximate surface area is 131 Å². The zero-order valence-corrected chi connectivity index (χ0v) is 12.5. The van der Waals surface area contributed by atoms with Gasteiger partial charge in [0.15, 0.2) is 6.61 Å². The Balaban J connectivity index is 2.02. The molecule has 2 aromatic carbocycles. The maximum atomic E-state index is 11.9. The predicted molar refractivity (Wildman–Crippen MR) is 83.4 cm³/mol. The van der Waals surface area contributed by atoms with Crippen molar-refractivity contribution in [2.75, 3.05) is 11.9 Å². The topological polar surface area (TPSA) is 81.5 Å². The molecular formula is C15H13ClN2O4. The van der Waals surface area contributed by atoms with E-state index in [1.165, 1.54) is 18.2 Å². The molecule has 6 nitrogen and oxygen atoms in total. The number of halogens is 1. The molecule has 0 aromatic heterocycles. The van der Waals surface area contributed by atoms with Gasteiger partial charge in [0.1, 0.15) is 5.75 Å². The molecule has 22 heavy (non-hydrogen) atoms. The molecule has 7 heteroatoms. The van der Waals surface area contributed by atoms with E-state index >= 15 is 0 Å². The van der Waals surface area contributed by atoms with E-state index in [1.54, 1.807) is 12.1 Å². The van der Waals surface area contributed by atoms with Gasteiger partial charge < -0.3 is 10.1 Å². The number of anilines is 1. The van der Waals surface area contributed by atoms with E-state index in [-0.39, 0.29) is 23.0 Å². The van der Waals surface area contributed by atoms with Crippen LogP contribution in [0.25, 0.3) is 0 Å². The van der Waals surface area contributed by atoms with Crippen molar-refractivity contribution >= 4 is 28.9 Å². The minimum Gasteiger partial charge on any atom is -0.483 e. The van der Waals surface area contributed by atoms with E-state index in [0.29, 0.717) is 5.75 Å². The van der Waals surface area contributed by atoms with E-state index in [2.05, 4.69) is 5.32 Å². The Bertz CT molecular complexity index is 718. The number of hydrogen-bond acceptors (Lipinski definition) is 4. The summed E-state index contributed by atoms with van der Waals surface area (Å²) in [5.41, 5.74) is 0.928. The summed E-state index contributed by atoms with van der Waals surface area (Å²) >= 11 is 5.91. The van der Waals surface area contributed by atoms with Crippen LogP contribution in [0.3, 0.4) is 0 Å². The standard InChI is InChI=1S/C15H13ClN2O4/c1-10-4-2-3-5-14(10)22-9-15(19)17-13-8-11(18(20)21)6-7-12(13)16/h2-8H,9H2,1H3,(H,17,19). The molecule has 0 unspecified atom stereocenters. The second-order valence-electron chi connectivity index (χ2n) is 4.52. The zero-order chi connectivity index (χ0) is 16.1. The SMILES string of the molecule is Cc1ccccc1OCC(=O)Nc1cc([N+](=O)[O-])ccc1Cl. The van der Waals surface area contributed by atoms with Crippen LogP contribution in [0.1, 0.15) is 5.56 Å². The molecular weight excluding hydrogens is 308 g/mol. The Morgan fingerprint density at radius 2 is 2.05 bits per heavy atom. The van der Waals surface area contributed by atoms with Gasteiger partial charge in [-0.05, 0) is 24.6 Å². The lowest BCUT2D eigenvalue weighted by atomic mass is 10.2. The smallest absolute Gasteiger partial charge is 0.271 e. The molecule has 1 amide bonds. The number of nitrogens with one attached hydrogen (secondary N) is 1. The number of hydrogen-bond donors (Lipinski definition) is 1. The number of amides is 1. The Morgan fingerprint density at radius 1 is 1.32 bits per heavy atom. The monoisotopic (exact) mass is 320 g/mol. The summed E-state index contributed by atoms with van der Waals surface area (Å²) in [6, 6.07) is 11.1. The van der Waals surface area contributed by atoms with Crippen molar-refractivity contribution in [1.82, 2.24) is 0 Å². The van der Waals surface area contributed by atoms with Crippen LogP contribution in [-0.4, -0.2) is 17.4 Å². The van der Waals surface area contributed by atoms with Gasteiger partial charge in [0.2, 0.25) is 0 Å². The van der Waals surface area contributed by atoms with Crippen LogP contribution in [0.2, 0.25) is 5.02 Å². The summed E-state index contributed by atoms with van der Waals surface area (Å²) < 4.78 is 5.40. The van der Waals surface area contributed by atoms with Crippen LogP contribution >= 0.6 is 11.6 Å². The van der Waals surface area contributed by atoms with Crippen molar-refractivity contribution in [3.05, 3.63) is 63.2 Å². The first-order valence-corrected chi connectivity index (χ1v) is 6.77. The van der Waals surface area contributed by atoms with Crippen LogP contribution in [-0.2, 0) is 4.79 Å². The van der Waals surface area contributed by atoms with Crippen molar-refractivity contribution in [3.8, 4) is 5.75 Å². The normalized spacial score (nSPS) is 10.1. The number of nitro groups is 1. The lowest BCUT2D eigenvalue weighted by Crippen LogP contribution is -2.20. The highest BCUT2D eigenvalue weighted by Gasteiger charge is 2.12. The van der Waals surface area contributed by atoms with Gasteiger partial charge in [0.05, 0.1) is 15.6 Å². The van der Waals surface area contributed by atoms with Gasteiger partial charge in [-0.3, -0.25) is 14.9 Å². The number of rotatable bonds is 5. The molecule has 2 rings (SSSR count). The summed E-state index contributed by atoms with van der Waals surface area (Å²) in [6.45, 7) is 1.65. The largest absolute Gasteiger partial charge is 0.483 e. The number of carbonyl (C=O) groups excluding carboxylic acids is 1. The number of nitrogens with zero attached hydrogens (tertiary/aromatic N) is 1. The summed E-state index contributed by atoms with van der Waals surface area (Å²) in [4.78, 5) is 22.0. The molecule has 1 N–H and O–H groups in total. The number of ether oxygens (including phenoxy) is 1. The quantitative estimate of drug-likeness (QED) is 0.674. The molecule has 0 saturated heterocycles. The maximum Gasteiger partial charge on any atom is 0.271 e. The summed E-state index contributed by atoms with van der Waals surface area (Å²) in [5, 5.41) is 13.4. The van der Waals surface area contributed by atoms with Gasteiger partial charge in [-0.25, -0.2) is 0 Å². The fourth-order valence-electron chi connectivity index (χ4n) is 1.77. The van der Waals surface area contributed by atoms with E-state index in [9.17, 15) is 14.9 Å². The number of nitro benzene ring substituents is 1. The molecule has 0 aliphatic heterocycles. The predicted octanol–water partition coefficient (Wildman–Crippen LogP) is 3.57. The number of para-hydroxylation sites is 1. The second kappa shape index (κ2) is 6.91. The fourth-order valence-corrected chi connectivity index (χ4v) is 1.94. The third kappa shape index (κ3) is 3.95. The Morgan fingerprint density at radius 3 is 2.73 bits per heavy atom. The lowest BCUT2D eigenvalue weighted by molar-refractivity contribution is -0.384. The number of aryl methyl sites for hydroxylation is 1. The average Bonchev–Trinajstić information content (AvgIpc) is 2.48. The number of benzene rings is 2. The minimum atomic E-state index is -0.560. The first kappa shape index (κ1) is 15.8. The molecule has 0 saturated carbocycles. The molecule has 2 aromatic rings. The van der Waals surface area contributed by atoms with Gasteiger partial charge in [-0.1, -0.05) is 29.8 Å². The summed E-state index contributed by atoms with van der Waals surface area (Å²) in [5.74, 6) is 0.147. The zero-order valence-electron chi connectivity index (χ0n) is 11.7. The van der Waals surface area contributed by atoms with Crippen LogP contribution in [0.15, 0.2) is 42.5 Å². The second-order valence-corrected chi connectivity index (χ2v) is 4.93. The Kier molecular flexibility index (Phi) is 4.95. The van der Waals surface area contributed by atoms with E-state index in [4.69, 9.17) is 16.3 Å². The fraction of sp³-hybridized carbons (Fsp3) is 0.133. The summed E-state index contributed by atoms with van der Waals surface area (Å²) in [6.07, 6.45) is 0. The average molecular weight is 321 g/mol. The minimum absolute atomic E-state index is 0.153. The van der Waals surface area contributed by atoms with Gasteiger partial charge in [0, 0.05) is 12.1 Å². The highest BCUT2D eigenvalue weighted by atomic mass is 35.5. The van der Waals surface area contributed by atoms with Gasteiger partial charge in [0.25, 0.3) is 11.6 Å².